The molecule has 0 spiro atoms. The van der Waals surface area contributed by atoms with Gasteiger partial charge in [-0.25, -0.2) is 9.59 Å². The molecule has 73 heavy (non-hydrogen) atoms. The van der Waals surface area contributed by atoms with E-state index in [1.54, 1.807) is 0 Å². The third-order valence-electron chi connectivity index (χ3n) is 13.9. The summed E-state index contributed by atoms with van der Waals surface area (Å²) in [6.45, 7) is 10.9. The molecule has 0 bridgehead atoms. The third-order valence-corrected chi connectivity index (χ3v) is 16.9. The lowest BCUT2D eigenvalue weighted by Gasteiger charge is -2.23. The molecule has 6 atom stereocenters. The first-order chi connectivity index (χ1) is 35.3. The molecule has 0 unspecified atom stereocenters. The monoisotopic (exact) mass is 1060 g/mol. The molecular formula is C55H90N6O10S2. The van der Waals surface area contributed by atoms with E-state index >= 15 is 0 Å². The summed E-state index contributed by atoms with van der Waals surface area (Å²) in [5.41, 5.74) is 1.28. The van der Waals surface area contributed by atoms with Gasteiger partial charge in [-0.3, -0.25) is 24.1 Å². The highest BCUT2D eigenvalue weighted by atomic mass is 32.2. The maximum atomic E-state index is 12.9. The molecule has 4 aliphatic rings. The molecule has 16 nitrogen and oxygen atoms in total. The quantitative estimate of drug-likeness (QED) is 0.0239. The summed E-state index contributed by atoms with van der Waals surface area (Å²) >= 11 is 3.87. The summed E-state index contributed by atoms with van der Waals surface area (Å²) in [5, 5.41) is 15.9. The Morgan fingerprint density at radius 2 is 1.03 bits per heavy atom. The molecule has 4 saturated heterocycles. The van der Waals surface area contributed by atoms with Crippen molar-refractivity contribution < 1.29 is 47.7 Å². The number of benzene rings is 1. The van der Waals surface area contributed by atoms with Crippen LogP contribution < -0.4 is 26.6 Å². The summed E-state index contributed by atoms with van der Waals surface area (Å²) in [4.78, 5) is 75.7. The standard InChI is InChI=1S/C55H90N6O10S2/c1-55(2,3)71-49(64)28-32-68-34-36-70-37-35-69-33-29-56-52(65)42-26-24-41(25-27-42)38-61(30-16-8-4-6-10-18-43(62)20-12-14-22-47-50-45(39-72-47)57-53(66)59-50)31-17-9-5-7-11-19-44(63)21-13-15-23-48-51-46(40-73-48)58-54(67)60-51/h24-27,45-48,50-51H,4-23,28-40H2,1-3H3,(H,56,65)(H2,57,59,66)(H2,58,60,67)/t45-,46-,47-,48-,50-,51-/m0/s1. The number of nitrogens with one attached hydrogen (secondary N) is 5. The van der Waals surface area contributed by atoms with Crippen molar-refractivity contribution in [2.45, 2.75) is 202 Å². The van der Waals surface area contributed by atoms with E-state index in [-0.39, 0.29) is 61.1 Å². The fourth-order valence-electron chi connectivity index (χ4n) is 9.97. The van der Waals surface area contributed by atoms with Gasteiger partial charge in [-0.1, -0.05) is 63.5 Å². The smallest absolute Gasteiger partial charge is 0.315 e. The number of rotatable bonds is 41. The second-order valence-corrected chi connectivity index (χ2v) is 23.8. The van der Waals surface area contributed by atoms with Crippen LogP contribution in [0.4, 0.5) is 9.59 Å². The zero-order valence-corrected chi connectivity index (χ0v) is 46.1. The predicted molar refractivity (Wildman–Crippen MR) is 290 cm³/mol. The van der Waals surface area contributed by atoms with E-state index in [0.29, 0.717) is 92.9 Å². The molecule has 1 aromatic carbocycles. The normalized spacial score (nSPS) is 21.1. The Morgan fingerprint density at radius 3 is 1.53 bits per heavy atom. The predicted octanol–water partition coefficient (Wildman–Crippen LogP) is 8.27. The van der Waals surface area contributed by atoms with Crippen LogP contribution in [-0.2, 0) is 39.9 Å². The maximum Gasteiger partial charge on any atom is 0.315 e. The number of urea groups is 2. The van der Waals surface area contributed by atoms with Crippen LogP contribution in [0.1, 0.15) is 172 Å². The van der Waals surface area contributed by atoms with Crippen LogP contribution in [0.25, 0.3) is 0 Å². The van der Waals surface area contributed by atoms with Gasteiger partial charge in [-0.15, -0.1) is 0 Å². The first-order valence-corrected chi connectivity index (χ1v) is 29.9. The van der Waals surface area contributed by atoms with Crippen LogP contribution >= 0.6 is 23.5 Å². The zero-order chi connectivity index (χ0) is 52.1. The highest BCUT2D eigenvalue weighted by molar-refractivity contribution is 8.00. The van der Waals surface area contributed by atoms with Crippen molar-refractivity contribution in [3.63, 3.8) is 0 Å². The number of carbonyl (C=O) groups excluding carboxylic acids is 6. The van der Waals surface area contributed by atoms with Crippen LogP contribution in [0.3, 0.4) is 0 Å². The van der Waals surface area contributed by atoms with E-state index in [1.165, 1.54) is 5.56 Å². The van der Waals surface area contributed by atoms with Crippen molar-refractivity contribution >= 4 is 59.0 Å². The number of nitrogens with zero attached hydrogens (tertiary/aromatic N) is 1. The minimum atomic E-state index is -0.502. The van der Waals surface area contributed by atoms with E-state index in [1.807, 2.05) is 56.4 Å². The molecule has 0 radical (unpaired) electrons. The first-order valence-electron chi connectivity index (χ1n) is 27.8. The van der Waals surface area contributed by atoms with Gasteiger partial charge in [-0.2, -0.15) is 23.5 Å². The minimum absolute atomic E-state index is 0.0475. The Bertz CT molecular complexity index is 1750. The molecule has 0 aromatic heterocycles. The van der Waals surface area contributed by atoms with Gasteiger partial charge in [-0.05, 0) is 103 Å². The van der Waals surface area contributed by atoms with Crippen molar-refractivity contribution in [1.29, 1.82) is 0 Å². The number of unbranched alkanes of at least 4 members (excludes halogenated alkanes) is 10. The molecule has 412 valence electrons. The molecular weight excluding hydrogens is 969 g/mol. The first kappa shape index (κ1) is 60.4. The van der Waals surface area contributed by atoms with E-state index < -0.39 is 5.60 Å². The second-order valence-electron chi connectivity index (χ2n) is 21.3. The fraction of sp³-hybridized carbons (Fsp3) is 0.782. The number of esters is 1. The van der Waals surface area contributed by atoms with Gasteiger partial charge < -0.3 is 45.5 Å². The van der Waals surface area contributed by atoms with Crippen molar-refractivity contribution in [3.8, 4) is 0 Å². The average Bonchev–Trinajstić information content (AvgIpc) is 4.12. The summed E-state index contributed by atoms with van der Waals surface area (Å²) in [6.07, 6.45) is 19.6. The Hall–Kier alpha value is -3.42. The Balaban J connectivity index is 0.910. The average molecular weight is 1060 g/mol. The zero-order valence-electron chi connectivity index (χ0n) is 44.5. The van der Waals surface area contributed by atoms with E-state index in [9.17, 15) is 28.8 Å². The lowest BCUT2D eigenvalue weighted by atomic mass is 10.0. The SMILES string of the molecule is CC(C)(C)OC(=O)CCOCCOCCOCCNC(=O)c1ccc(CN(CCCCCCCC(=O)CCCC[C@@H]2SC[C@@H]3NC(=O)N[C@@H]32)CCCCCCCC(=O)CCCC[C@@H]2SC[C@@H]3NC(=O)N[C@@H]32)cc1. The van der Waals surface area contributed by atoms with Crippen LogP contribution in [0.15, 0.2) is 24.3 Å². The molecule has 5 N–H and O–H groups in total. The van der Waals surface area contributed by atoms with Crippen LogP contribution in [0.5, 0.6) is 0 Å². The number of carbonyl (C=O) groups is 6. The number of hydrogen-bond acceptors (Lipinski definition) is 13. The number of ether oxygens (including phenoxy) is 4. The number of Topliss-reactive ketones (excluding diaryl/α,β-unsaturated/α-hetero) is 2. The number of amides is 5. The molecule has 0 saturated carbocycles. The molecule has 5 amide bonds. The summed E-state index contributed by atoms with van der Waals surface area (Å²) in [7, 11) is 0. The molecule has 5 rings (SSSR count). The van der Waals surface area contributed by atoms with Gasteiger partial charge in [0, 0.05) is 66.3 Å². The van der Waals surface area contributed by atoms with Gasteiger partial charge in [0.25, 0.3) is 5.91 Å². The molecule has 0 aliphatic carbocycles. The van der Waals surface area contributed by atoms with E-state index in [2.05, 4.69) is 43.6 Å². The molecule has 18 heteroatoms. The number of fused-ring (bicyclic) bond motifs is 2. The van der Waals surface area contributed by atoms with Gasteiger partial charge in [0.1, 0.15) is 17.2 Å². The summed E-state index contributed by atoms with van der Waals surface area (Å²) in [5.74, 6) is 2.27. The van der Waals surface area contributed by atoms with Crippen LogP contribution in [-0.4, -0.2) is 151 Å². The number of thioether (sulfide) groups is 2. The highest BCUT2D eigenvalue weighted by Gasteiger charge is 2.43. The highest BCUT2D eigenvalue weighted by Crippen LogP contribution is 2.34. The third kappa shape index (κ3) is 24.9. The molecule has 4 heterocycles. The Labute approximate surface area is 444 Å². The van der Waals surface area contributed by atoms with E-state index in [0.717, 1.165) is 134 Å². The summed E-state index contributed by atoms with van der Waals surface area (Å²) < 4.78 is 21.8. The van der Waals surface area contributed by atoms with Crippen molar-refractivity contribution in [2.24, 2.45) is 0 Å². The van der Waals surface area contributed by atoms with Crippen LogP contribution in [0, 0.1) is 0 Å². The molecule has 1 aromatic rings. The number of hydrogen-bond donors (Lipinski definition) is 5. The largest absolute Gasteiger partial charge is 0.460 e. The number of ketones is 2. The lowest BCUT2D eigenvalue weighted by Crippen LogP contribution is -2.36. The summed E-state index contributed by atoms with van der Waals surface area (Å²) in [6, 6.07) is 8.75. The van der Waals surface area contributed by atoms with Crippen molar-refractivity contribution in [1.82, 2.24) is 31.5 Å². The van der Waals surface area contributed by atoms with Crippen LogP contribution in [0.2, 0.25) is 0 Å². The van der Waals surface area contributed by atoms with Crippen molar-refractivity contribution in [3.05, 3.63) is 35.4 Å². The van der Waals surface area contributed by atoms with Crippen molar-refractivity contribution in [2.75, 3.05) is 70.8 Å². The Kier molecular flexibility index (Phi) is 28.4. The van der Waals surface area contributed by atoms with Gasteiger partial charge in [0.05, 0.1) is 70.2 Å². The second kappa shape index (κ2) is 34.3. The molecule has 4 fully saturated rings. The Morgan fingerprint density at radius 1 is 0.575 bits per heavy atom. The van der Waals surface area contributed by atoms with Gasteiger partial charge >= 0.3 is 18.0 Å². The minimum Gasteiger partial charge on any atom is -0.460 e. The fourth-order valence-corrected chi connectivity index (χ4v) is 13.1. The lowest BCUT2D eigenvalue weighted by molar-refractivity contribution is -0.156. The maximum absolute atomic E-state index is 12.9. The van der Waals surface area contributed by atoms with Gasteiger partial charge in [0.2, 0.25) is 0 Å². The van der Waals surface area contributed by atoms with Gasteiger partial charge in [0.15, 0.2) is 0 Å². The topological polar surface area (TPSA) is 203 Å². The molecule has 4 aliphatic heterocycles. The van der Waals surface area contributed by atoms with E-state index in [4.69, 9.17) is 18.9 Å².